The molecule has 1 aromatic carbocycles. The molecule has 1 saturated heterocycles. The quantitative estimate of drug-likeness (QED) is 0.384. The first-order valence-electron chi connectivity index (χ1n) is 10.7. The molecule has 9 nitrogen and oxygen atoms in total. The second-order valence-electron chi connectivity index (χ2n) is 9.08. The van der Waals surface area contributed by atoms with E-state index in [9.17, 15) is 28.4 Å². The average Bonchev–Trinajstić information content (AvgIpc) is 3.17. The van der Waals surface area contributed by atoms with Gasteiger partial charge in [0, 0.05) is 42.5 Å². The number of likely N-dealkylation sites (N-methyl/N-ethyl adjacent to an activating group) is 1. The lowest BCUT2D eigenvalue weighted by atomic mass is 9.42. The summed E-state index contributed by atoms with van der Waals surface area (Å²) in [5.74, 6) is -3.62. The molecule has 2 bridgehead atoms. The average molecular weight is 479 g/mol. The zero-order valence-corrected chi connectivity index (χ0v) is 18.7. The van der Waals surface area contributed by atoms with Crippen molar-refractivity contribution in [3.63, 3.8) is 0 Å². The first-order valence-corrected chi connectivity index (χ1v) is 11.0. The summed E-state index contributed by atoms with van der Waals surface area (Å²) in [7, 11) is 1.29. The topological polar surface area (TPSA) is 125 Å². The Morgan fingerprint density at radius 3 is 2.36 bits per heavy atom. The number of benzene rings is 1. The lowest BCUT2D eigenvalue weighted by Crippen LogP contribution is -2.68. The van der Waals surface area contributed by atoms with E-state index >= 15 is 0 Å². The highest BCUT2D eigenvalue weighted by Gasteiger charge is 2.72. The minimum absolute atomic E-state index is 0.0837. The Morgan fingerprint density at radius 2 is 1.85 bits per heavy atom. The molecular formula is C22H24ClFN4O5. The Labute approximate surface area is 194 Å². The van der Waals surface area contributed by atoms with Gasteiger partial charge in [0.1, 0.15) is 11.7 Å². The van der Waals surface area contributed by atoms with Gasteiger partial charge in [0.15, 0.2) is 0 Å². The first-order chi connectivity index (χ1) is 15.6. The van der Waals surface area contributed by atoms with Gasteiger partial charge in [-0.25, -0.2) is 8.81 Å². The zero-order chi connectivity index (χ0) is 24.0. The van der Waals surface area contributed by atoms with Gasteiger partial charge < -0.3 is 16.0 Å². The second kappa shape index (κ2) is 8.40. The van der Waals surface area contributed by atoms with Gasteiger partial charge in [-0.2, -0.15) is 0 Å². The number of rotatable bonds is 8. The fraction of sp³-hybridized carbons (Fsp3) is 0.500. The molecule has 3 saturated carbocycles. The Balaban J connectivity index is 1.43. The number of Topliss-reactive ketones (excluding diaryl/α,β-unsaturated/α-hetero) is 1. The molecule has 33 heavy (non-hydrogen) atoms. The molecular weight excluding hydrogens is 455 g/mol. The van der Waals surface area contributed by atoms with E-state index in [-0.39, 0.29) is 43.1 Å². The zero-order valence-electron chi connectivity index (χ0n) is 18.0. The molecule has 4 fully saturated rings. The van der Waals surface area contributed by atoms with Crippen molar-refractivity contribution in [2.45, 2.75) is 43.8 Å². The third-order valence-corrected chi connectivity index (χ3v) is 7.12. The summed E-state index contributed by atoms with van der Waals surface area (Å²) in [5.41, 5.74) is -1.24. The predicted molar refractivity (Wildman–Crippen MR) is 116 cm³/mol. The molecule has 4 amide bonds. The fourth-order valence-corrected chi connectivity index (χ4v) is 5.11. The number of anilines is 1. The maximum Gasteiger partial charge on any atom is 0.289 e. The van der Waals surface area contributed by atoms with Crippen molar-refractivity contribution in [2.75, 3.05) is 18.9 Å². The molecule has 0 unspecified atom stereocenters. The molecule has 176 valence electrons. The SMILES string of the molecule is CNC(=O)C(=O)[C@H](C[C@@H]1CCNC1=O)N(Cl)C(=O)c1ccc(NC(=O)C23CC(F)(C2)C3)cc1. The van der Waals surface area contributed by atoms with Crippen LogP contribution in [0, 0.1) is 11.3 Å². The van der Waals surface area contributed by atoms with Crippen molar-refractivity contribution < 1.29 is 28.4 Å². The van der Waals surface area contributed by atoms with Gasteiger partial charge in [-0.1, -0.05) is 0 Å². The first kappa shape index (κ1) is 23.2. The van der Waals surface area contributed by atoms with Crippen LogP contribution in [0.4, 0.5) is 10.1 Å². The van der Waals surface area contributed by atoms with Gasteiger partial charge in [-0.3, -0.25) is 24.0 Å². The third-order valence-electron chi connectivity index (χ3n) is 6.73. The highest BCUT2D eigenvalue weighted by atomic mass is 35.5. The molecule has 3 aliphatic carbocycles. The van der Waals surface area contributed by atoms with Crippen LogP contribution in [0.3, 0.4) is 0 Å². The van der Waals surface area contributed by atoms with Crippen LogP contribution in [0.1, 0.15) is 42.5 Å². The molecule has 0 spiro atoms. The van der Waals surface area contributed by atoms with Gasteiger partial charge in [0.2, 0.25) is 17.6 Å². The van der Waals surface area contributed by atoms with Crippen LogP contribution >= 0.6 is 11.8 Å². The maximum atomic E-state index is 13.7. The van der Waals surface area contributed by atoms with E-state index < -0.39 is 40.6 Å². The van der Waals surface area contributed by atoms with Crippen LogP contribution < -0.4 is 16.0 Å². The van der Waals surface area contributed by atoms with E-state index in [0.717, 1.165) is 0 Å². The van der Waals surface area contributed by atoms with Crippen LogP contribution in [-0.4, -0.2) is 59.1 Å². The van der Waals surface area contributed by atoms with E-state index in [1.165, 1.54) is 31.3 Å². The number of carbonyl (C=O) groups is 5. The summed E-state index contributed by atoms with van der Waals surface area (Å²) in [5, 5.41) is 7.60. The lowest BCUT2D eigenvalue weighted by molar-refractivity contribution is -0.209. The number of alkyl halides is 1. The monoisotopic (exact) mass is 478 g/mol. The predicted octanol–water partition coefficient (Wildman–Crippen LogP) is 1.32. The third kappa shape index (κ3) is 4.19. The van der Waals surface area contributed by atoms with Crippen molar-refractivity contribution >= 4 is 46.9 Å². The molecule has 0 aromatic heterocycles. The van der Waals surface area contributed by atoms with E-state index in [1.807, 2.05) is 0 Å². The number of nitrogens with zero attached hydrogens (tertiary/aromatic N) is 1. The van der Waals surface area contributed by atoms with Gasteiger partial charge in [-0.15, -0.1) is 0 Å². The Hall–Kier alpha value is -3.01. The smallest absolute Gasteiger partial charge is 0.289 e. The largest absolute Gasteiger partial charge is 0.356 e. The van der Waals surface area contributed by atoms with Crippen LogP contribution in [0.25, 0.3) is 0 Å². The van der Waals surface area contributed by atoms with Crippen molar-refractivity contribution in [3.05, 3.63) is 29.8 Å². The van der Waals surface area contributed by atoms with E-state index in [0.29, 0.717) is 23.1 Å². The molecule has 1 heterocycles. The summed E-state index contributed by atoms with van der Waals surface area (Å²) in [4.78, 5) is 61.8. The number of halogens is 2. The Bertz CT molecular complexity index is 1010. The second-order valence-corrected chi connectivity index (χ2v) is 9.45. The van der Waals surface area contributed by atoms with Crippen LogP contribution in [0.5, 0.6) is 0 Å². The number of nitrogens with one attached hydrogen (secondary N) is 3. The highest BCUT2D eigenvalue weighted by Crippen LogP contribution is 2.69. The molecule has 0 radical (unpaired) electrons. The van der Waals surface area contributed by atoms with Gasteiger partial charge in [0.25, 0.3) is 11.8 Å². The molecule has 11 heteroatoms. The van der Waals surface area contributed by atoms with E-state index in [1.54, 1.807) is 0 Å². The summed E-state index contributed by atoms with van der Waals surface area (Å²) in [6.07, 6.45) is 1.10. The number of hydrogen-bond acceptors (Lipinski definition) is 5. The van der Waals surface area contributed by atoms with Crippen LogP contribution in [-0.2, 0) is 19.2 Å². The number of amides is 4. The molecule has 3 N–H and O–H groups in total. The molecule has 4 aliphatic rings. The minimum atomic E-state index is -1.33. The van der Waals surface area contributed by atoms with Gasteiger partial charge >= 0.3 is 0 Å². The summed E-state index contributed by atoms with van der Waals surface area (Å²) in [6, 6.07) is 4.54. The van der Waals surface area contributed by atoms with E-state index in [4.69, 9.17) is 11.8 Å². The molecule has 1 aliphatic heterocycles. The van der Waals surface area contributed by atoms with Gasteiger partial charge in [0.05, 0.1) is 5.41 Å². The Kier molecular flexibility index (Phi) is 5.90. The summed E-state index contributed by atoms with van der Waals surface area (Å²) < 4.78 is 14.3. The number of carbonyl (C=O) groups excluding carboxylic acids is 5. The standard InChI is InChI=1S/C22H24ClFN4O5/c1-25-18(31)16(29)15(8-13-6-7-26-17(13)30)28(23)19(32)12-2-4-14(5-3-12)27-20(33)21-9-22(24,10-21)11-21/h2-5,13,15H,6-11H2,1H3,(H,25,31)(H,26,30)(H,27,33)/t13-,15-,21?,22?/m0/s1. The van der Waals surface area contributed by atoms with Crippen molar-refractivity contribution in [1.29, 1.82) is 0 Å². The number of ketones is 1. The molecule has 2 atom stereocenters. The normalized spacial score (nSPS) is 28.0. The van der Waals surface area contributed by atoms with Crippen LogP contribution in [0.15, 0.2) is 24.3 Å². The molecule has 1 aromatic rings. The van der Waals surface area contributed by atoms with E-state index in [2.05, 4.69) is 16.0 Å². The highest BCUT2D eigenvalue weighted by molar-refractivity contribution is 6.40. The summed E-state index contributed by atoms with van der Waals surface area (Å²) >= 11 is 6.23. The van der Waals surface area contributed by atoms with Crippen molar-refractivity contribution in [3.8, 4) is 0 Å². The van der Waals surface area contributed by atoms with Crippen molar-refractivity contribution in [1.82, 2.24) is 15.1 Å². The lowest BCUT2D eigenvalue weighted by Gasteiger charge is -2.64. The number of hydrogen-bond donors (Lipinski definition) is 3. The fourth-order valence-electron chi connectivity index (χ4n) is 4.85. The van der Waals surface area contributed by atoms with Gasteiger partial charge in [-0.05, 0) is 56.4 Å². The van der Waals surface area contributed by atoms with Crippen LogP contribution in [0.2, 0.25) is 0 Å². The summed E-state index contributed by atoms with van der Waals surface area (Å²) in [6.45, 7) is 0.446. The Morgan fingerprint density at radius 1 is 1.21 bits per heavy atom. The maximum absolute atomic E-state index is 13.7. The molecule has 5 rings (SSSR count). The minimum Gasteiger partial charge on any atom is -0.356 e. The van der Waals surface area contributed by atoms with Crippen molar-refractivity contribution in [2.24, 2.45) is 11.3 Å².